The highest BCUT2D eigenvalue weighted by Gasteiger charge is 2.21. The fraction of sp³-hybridized carbons (Fsp3) is 0.174. The molecule has 0 unspecified atom stereocenters. The fourth-order valence-corrected chi connectivity index (χ4v) is 3.90. The Kier molecular flexibility index (Phi) is 4.91. The van der Waals surface area contributed by atoms with Gasteiger partial charge in [-0.2, -0.15) is 5.10 Å². The first-order chi connectivity index (χ1) is 15.0. The van der Waals surface area contributed by atoms with Gasteiger partial charge in [0.25, 0.3) is 0 Å². The summed E-state index contributed by atoms with van der Waals surface area (Å²) >= 11 is 0. The van der Waals surface area contributed by atoms with Gasteiger partial charge in [-0.25, -0.2) is 18.7 Å². The van der Waals surface area contributed by atoms with Crippen LogP contribution in [-0.2, 0) is 19.5 Å². The van der Waals surface area contributed by atoms with Gasteiger partial charge in [-0.3, -0.25) is 10.00 Å². The number of nitrogens with one attached hydrogen (secondary N) is 1. The predicted octanol–water partition coefficient (Wildman–Crippen LogP) is 3.95. The van der Waals surface area contributed by atoms with Gasteiger partial charge >= 0.3 is 0 Å². The van der Waals surface area contributed by atoms with E-state index in [2.05, 4.69) is 20.1 Å². The van der Waals surface area contributed by atoms with Gasteiger partial charge in [0.05, 0.1) is 17.6 Å². The molecule has 3 heterocycles. The first-order valence-corrected chi connectivity index (χ1v) is 9.97. The maximum absolute atomic E-state index is 13.6. The summed E-state index contributed by atoms with van der Waals surface area (Å²) in [5.74, 6) is -0.537. The van der Waals surface area contributed by atoms with Crippen LogP contribution in [0, 0.1) is 11.6 Å². The molecule has 0 radical (unpaired) electrons. The first kappa shape index (κ1) is 19.3. The Morgan fingerprint density at radius 3 is 2.55 bits per heavy atom. The van der Waals surface area contributed by atoms with E-state index in [4.69, 9.17) is 10.7 Å². The molecule has 0 spiro atoms. The van der Waals surface area contributed by atoms with Crippen LogP contribution in [0.15, 0.2) is 54.9 Å². The second kappa shape index (κ2) is 7.88. The summed E-state index contributed by atoms with van der Waals surface area (Å²) in [6.45, 7) is 2.11. The molecule has 6 nitrogen and oxygen atoms in total. The third-order valence-corrected chi connectivity index (χ3v) is 5.44. The summed E-state index contributed by atoms with van der Waals surface area (Å²) < 4.78 is 27.3. The summed E-state index contributed by atoms with van der Waals surface area (Å²) in [5, 5.41) is 6.96. The minimum absolute atomic E-state index is 0.443. The molecule has 0 atom stereocenters. The van der Waals surface area contributed by atoms with Crippen LogP contribution in [0.2, 0.25) is 0 Å². The number of fused-ring (bicyclic) bond motifs is 1. The Hall–Kier alpha value is -3.65. The SMILES string of the molecule is Nc1ccc(-c2ncc3c(n2)CCN(Cc2cn[nH]c2-c2cc(F)cc(F)c2)C3)cc1. The molecule has 2 aromatic carbocycles. The third kappa shape index (κ3) is 4.02. The molecule has 4 aromatic rings. The molecule has 31 heavy (non-hydrogen) atoms. The largest absolute Gasteiger partial charge is 0.399 e. The van der Waals surface area contributed by atoms with Crippen molar-refractivity contribution in [2.45, 2.75) is 19.5 Å². The molecule has 1 aliphatic heterocycles. The zero-order valence-electron chi connectivity index (χ0n) is 16.6. The van der Waals surface area contributed by atoms with Gasteiger partial charge in [-0.05, 0) is 36.4 Å². The Bertz CT molecular complexity index is 1220. The monoisotopic (exact) mass is 418 g/mol. The molecule has 8 heteroatoms. The maximum Gasteiger partial charge on any atom is 0.159 e. The van der Waals surface area contributed by atoms with Gasteiger partial charge in [0.1, 0.15) is 11.6 Å². The van der Waals surface area contributed by atoms with Crippen molar-refractivity contribution in [2.75, 3.05) is 12.3 Å². The highest BCUT2D eigenvalue weighted by molar-refractivity contribution is 5.63. The number of rotatable bonds is 4. The number of benzene rings is 2. The molecule has 156 valence electrons. The van der Waals surface area contributed by atoms with Crippen molar-refractivity contribution in [3.05, 3.63) is 83.3 Å². The van der Waals surface area contributed by atoms with Crippen LogP contribution in [0.3, 0.4) is 0 Å². The molecule has 5 rings (SSSR count). The summed E-state index contributed by atoms with van der Waals surface area (Å²) in [6, 6.07) is 11.0. The Morgan fingerprint density at radius 2 is 1.77 bits per heavy atom. The van der Waals surface area contributed by atoms with Gasteiger partial charge in [0.2, 0.25) is 0 Å². The summed E-state index contributed by atoms with van der Waals surface area (Å²) in [5.41, 5.74) is 11.5. The molecular weight excluding hydrogens is 398 g/mol. The Labute approximate surface area is 177 Å². The lowest BCUT2D eigenvalue weighted by molar-refractivity contribution is 0.243. The minimum Gasteiger partial charge on any atom is -0.399 e. The highest BCUT2D eigenvalue weighted by atomic mass is 19.1. The van der Waals surface area contributed by atoms with Crippen molar-refractivity contribution in [2.24, 2.45) is 0 Å². The number of hydrogen-bond donors (Lipinski definition) is 2. The normalized spacial score (nSPS) is 13.9. The number of nitrogen functional groups attached to an aromatic ring is 1. The van der Waals surface area contributed by atoms with Crippen LogP contribution in [-0.4, -0.2) is 31.6 Å². The minimum atomic E-state index is -0.614. The van der Waals surface area contributed by atoms with Crippen molar-refractivity contribution < 1.29 is 8.78 Å². The molecule has 0 aliphatic carbocycles. The van der Waals surface area contributed by atoms with E-state index < -0.39 is 11.6 Å². The van der Waals surface area contributed by atoms with Crippen molar-refractivity contribution in [3.63, 3.8) is 0 Å². The number of H-pyrrole nitrogens is 1. The van der Waals surface area contributed by atoms with Crippen LogP contribution in [0.5, 0.6) is 0 Å². The highest BCUT2D eigenvalue weighted by Crippen LogP contribution is 2.27. The van der Waals surface area contributed by atoms with Crippen LogP contribution in [0.4, 0.5) is 14.5 Å². The second-order valence-electron chi connectivity index (χ2n) is 7.68. The molecule has 2 aromatic heterocycles. The Morgan fingerprint density at radius 1 is 1.00 bits per heavy atom. The summed E-state index contributed by atoms with van der Waals surface area (Å²) in [7, 11) is 0. The zero-order valence-corrected chi connectivity index (χ0v) is 16.6. The van der Waals surface area contributed by atoms with Gasteiger partial charge < -0.3 is 5.73 Å². The van der Waals surface area contributed by atoms with E-state index >= 15 is 0 Å². The molecule has 0 fully saturated rings. The molecule has 0 amide bonds. The lowest BCUT2D eigenvalue weighted by Gasteiger charge is -2.28. The quantitative estimate of drug-likeness (QED) is 0.490. The molecule has 3 N–H and O–H groups in total. The molecule has 1 aliphatic rings. The third-order valence-electron chi connectivity index (χ3n) is 5.44. The lowest BCUT2D eigenvalue weighted by Crippen LogP contribution is -2.31. The van der Waals surface area contributed by atoms with Gasteiger partial charge in [-0.1, -0.05) is 0 Å². The van der Waals surface area contributed by atoms with E-state index in [0.29, 0.717) is 35.9 Å². The smallest absolute Gasteiger partial charge is 0.159 e. The summed E-state index contributed by atoms with van der Waals surface area (Å²) in [4.78, 5) is 11.5. The fourth-order valence-electron chi connectivity index (χ4n) is 3.90. The van der Waals surface area contributed by atoms with Gasteiger partial charge in [0.15, 0.2) is 5.82 Å². The number of hydrogen-bond acceptors (Lipinski definition) is 5. The Balaban J connectivity index is 1.34. The van der Waals surface area contributed by atoms with E-state index in [0.717, 1.165) is 41.4 Å². The molecule has 0 bridgehead atoms. The van der Waals surface area contributed by atoms with E-state index in [9.17, 15) is 8.78 Å². The molecule has 0 saturated carbocycles. The zero-order chi connectivity index (χ0) is 21.4. The molecular formula is C23H20F2N6. The molecule has 0 saturated heterocycles. The van der Waals surface area contributed by atoms with Crippen molar-refractivity contribution in [1.82, 2.24) is 25.1 Å². The number of nitrogens with zero attached hydrogens (tertiary/aromatic N) is 4. The van der Waals surface area contributed by atoms with Crippen molar-refractivity contribution in [1.29, 1.82) is 0 Å². The topological polar surface area (TPSA) is 83.7 Å². The van der Waals surface area contributed by atoms with Crippen LogP contribution < -0.4 is 5.73 Å². The number of halogens is 2. The number of nitrogens with two attached hydrogens (primary N) is 1. The van der Waals surface area contributed by atoms with Gasteiger partial charge in [0, 0.05) is 66.3 Å². The van der Waals surface area contributed by atoms with Crippen LogP contribution in [0.1, 0.15) is 16.8 Å². The second-order valence-corrected chi connectivity index (χ2v) is 7.68. The van der Waals surface area contributed by atoms with Crippen molar-refractivity contribution in [3.8, 4) is 22.6 Å². The summed E-state index contributed by atoms with van der Waals surface area (Å²) in [6.07, 6.45) is 4.37. The average Bonchev–Trinajstić information content (AvgIpc) is 3.21. The maximum atomic E-state index is 13.6. The number of aromatic nitrogens is 4. The van der Waals surface area contributed by atoms with E-state index in [1.165, 1.54) is 12.1 Å². The van der Waals surface area contributed by atoms with Crippen LogP contribution >= 0.6 is 0 Å². The van der Waals surface area contributed by atoms with E-state index in [1.54, 1.807) is 6.20 Å². The van der Waals surface area contributed by atoms with E-state index in [1.807, 2.05) is 30.5 Å². The lowest BCUT2D eigenvalue weighted by atomic mass is 10.0. The first-order valence-electron chi connectivity index (χ1n) is 9.97. The van der Waals surface area contributed by atoms with Gasteiger partial charge in [-0.15, -0.1) is 0 Å². The van der Waals surface area contributed by atoms with E-state index in [-0.39, 0.29) is 0 Å². The standard InChI is InChI=1S/C23H20F2N6/c24-18-7-15(8-19(25)9-18)22-17(11-28-30-22)13-31-6-5-21-16(12-31)10-27-23(29-21)14-1-3-20(26)4-2-14/h1-4,7-11H,5-6,12-13,26H2,(H,28,30). The van der Waals surface area contributed by atoms with Crippen LogP contribution in [0.25, 0.3) is 22.6 Å². The number of aromatic amines is 1. The predicted molar refractivity (Wildman–Crippen MR) is 114 cm³/mol. The van der Waals surface area contributed by atoms with Crippen molar-refractivity contribution >= 4 is 5.69 Å². The average molecular weight is 418 g/mol. The number of anilines is 1.